The Labute approximate surface area is 180 Å². The number of fused-ring (bicyclic) bond motifs is 2. The molecule has 0 saturated heterocycles. The third kappa shape index (κ3) is 3.71. The van der Waals surface area contributed by atoms with E-state index >= 15 is 0 Å². The molecule has 31 heavy (non-hydrogen) atoms. The highest BCUT2D eigenvalue weighted by atomic mass is 16.2. The van der Waals surface area contributed by atoms with Crippen LogP contribution in [0.3, 0.4) is 0 Å². The van der Waals surface area contributed by atoms with Crippen LogP contribution in [-0.4, -0.2) is 38.2 Å². The van der Waals surface area contributed by atoms with E-state index in [0.717, 1.165) is 59.1 Å². The van der Waals surface area contributed by atoms with E-state index < -0.39 is 0 Å². The van der Waals surface area contributed by atoms with Crippen molar-refractivity contribution in [3.63, 3.8) is 0 Å². The minimum Gasteiger partial charge on any atom is -0.348 e. The molecule has 2 aliphatic rings. The topological polar surface area (TPSA) is 91.0 Å². The van der Waals surface area contributed by atoms with Crippen molar-refractivity contribution in [3.05, 3.63) is 70.3 Å². The number of pyridine rings is 1. The van der Waals surface area contributed by atoms with E-state index in [1.54, 1.807) is 12.4 Å². The molecule has 158 valence electrons. The number of aromatic amines is 1. The van der Waals surface area contributed by atoms with Crippen molar-refractivity contribution in [1.82, 2.24) is 25.2 Å². The quantitative estimate of drug-likeness (QED) is 0.685. The van der Waals surface area contributed by atoms with Crippen LogP contribution in [0.4, 0.5) is 0 Å². The maximum atomic E-state index is 12.8. The lowest BCUT2D eigenvalue weighted by Gasteiger charge is -2.31. The predicted molar refractivity (Wildman–Crippen MR) is 117 cm³/mol. The van der Waals surface area contributed by atoms with E-state index in [4.69, 9.17) is 0 Å². The van der Waals surface area contributed by atoms with E-state index in [2.05, 4.69) is 26.3 Å². The minimum atomic E-state index is -0.130. The first-order valence-corrected chi connectivity index (χ1v) is 10.8. The first kappa shape index (κ1) is 19.5. The number of rotatable bonds is 4. The largest absolute Gasteiger partial charge is 0.348 e. The van der Waals surface area contributed by atoms with E-state index in [1.807, 2.05) is 30.2 Å². The summed E-state index contributed by atoms with van der Waals surface area (Å²) in [7, 11) is 0. The zero-order valence-corrected chi connectivity index (χ0v) is 17.6. The van der Waals surface area contributed by atoms with Gasteiger partial charge in [-0.05, 0) is 67.5 Å². The summed E-state index contributed by atoms with van der Waals surface area (Å²) in [6.07, 6.45) is 9.32. The number of carbonyl (C=O) groups excluding carboxylic acids is 2. The Kier molecular flexibility index (Phi) is 5.02. The van der Waals surface area contributed by atoms with Crippen LogP contribution >= 0.6 is 0 Å². The van der Waals surface area contributed by atoms with Crippen LogP contribution in [0.5, 0.6) is 0 Å². The van der Waals surface area contributed by atoms with Crippen molar-refractivity contribution in [2.45, 2.75) is 45.7 Å². The molecule has 1 aromatic carbocycles. The molecule has 0 radical (unpaired) electrons. The smallest absolute Gasteiger partial charge is 0.251 e. The number of nitrogens with one attached hydrogen (secondary N) is 2. The second-order valence-corrected chi connectivity index (χ2v) is 8.24. The standard InChI is InChI=1S/C24H25N5O2/c1-15-20(12-26-23(30)17-6-7-21-22(10-17)28-14-27-21)19-8-9-29(13-18(19)11-25-15)24(31)16-4-2-3-5-16/h4,6-7,10-11,14H,2-3,5,8-9,12-13H2,1H3,(H,26,30)(H,27,28). The zero-order chi connectivity index (χ0) is 21.4. The highest BCUT2D eigenvalue weighted by molar-refractivity contribution is 5.97. The Hall–Kier alpha value is -3.48. The molecule has 2 aromatic heterocycles. The summed E-state index contributed by atoms with van der Waals surface area (Å²) in [5.74, 6) is 0.0297. The minimum absolute atomic E-state index is 0.130. The van der Waals surface area contributed by atoms with Crippen LogP contribution in [0.1, 0.15) is 52.0 Å². The van der Waals surface area contributed by atoms with E-state index in [1.165, 1.54) is 5.56 Å². The molecule has 0 spiro atoms. The van der Waals surface area contributed by atoms with Crippen molar-refractivity contribution in [3.8, 4) is 0 Å². The fourth-order valence-corrected chi connectivity index (χ4v) is 4.55. The van der Waals surface area contributed by atoms with Gasteiger partial charge in [0.2, 0.25) is 5.91 Å². The van der Waals surface area contributed by atoms with Crippen molar-refractivity contribution in [2.75, 3.05) is 6.54 Å². The predicted octanol–water partition coefficient (Wildman–Crippen LogP) is 3.19. The van der Waals surface area contributed by atoms with Gasteiger partial charge in [0, 0.05) is 42.7 Å². The molecule has 0 bridgehead atoms. The summed E-state index contributed by atoms with van der Waals surface area (Å²) >= 11 is 0. The Morgan fingerprint density at radius 3 is 2.97 bits per heavy atom. The first-order chi connectivity index (χ1) is 15.1. The Bertz CT molecular complexity index is 1210. The van der Waals surface area contributed by atoms with Gasteiger partial charge in [-0.2, -0.15) is 0 Å². The molecular formula is C24H25N5O2. The molecule has 3 heterocycles. The molecule has 0 atom stereocenters. The van der Waals surface area contributed by atoms with Crippen molar-refractivity contribution in [2.24, 2.45) is 0 Å². The second-order valence-electron chi connectivity index (χ2n) is 8.24. The van der Waals surface area contributed by atoms with E-state index in [-0.39, 0.29) is 11.8 Å². The van der Waals surface area contributed by atoms with Gasteiger partial charge in [0.25, 0.3) is 5.91 Å². The van der Waals surface area contributed by atoms with Crippen LogP contribution in [0, 0.1) is 6.92 Å². The highest BCUT2D eigenvalue weighted by Crippen LogP contribution is 2.27. The third-order valence-corrected chi connectivity index (χ3v) is 6.31. The number of H-pyrrole nitrogens is 1. The SMILES string of the molecule is Cc1ncc2c(c1CNC(=O)c1ccc3nc[nH]c3c1)CCN(C(=O)C1=CCCC1)C2. The average molecular weight is 415 g/mol. The fraction of sp³-hybridized carbons (Fsp3) is 0.333. The molecule has 0 fully saturated rings. The fourth-order valence-electron chi connectivity index (χ4n) is 4.55. The van der Waals surface area contributed by atoms with Gasteiger partial charge in [-0.25, -0.2) is 4.98 Å². The molecule has 0 unspecified atom stereocenters. The van der Waals surface area contributed by atoms with Crippen LogP contribution in [0.15, 0.2) is 42.4 Å². The van der Waals surface area contributed by atoms with Crippen LogP contribution < -0.4 is 5.32 Å². The van der Waals surface area contributed by atoms with E-state index in [0.29, 0.717) is 25.2 Å². The molecule has 1 aliphatic carbocycles. The molecular weight excluding hydrogens is 390 g/mol. The van der Waals surface area contributed by atoms with E-state index in [9.17, 15) is 9.59 Å². The molecule has 7 heteroatoms. The summed E-state index contributed by atoms with van der Waals surface area (Å²) in [4.78, 5) is 39.2. The summed E-state index contributed by atoms with van der Waals surface area (Å²) in [6.45, 7) is 3.67. The number of aryl methyl sites for hydroxylation is 1. The Balaban J connectivity index is 1.31. The first-order valence-electron chi connectivity index (χ1n) is 10.8. The Morgan fingerprint density at radius 2 is 2.13 bits per heavy atom. The molecule has 2 N–H and O–H groups in total. The van der Waals surface area contributed by atoms with Gasteiger partial charge >= 0.3 is 0 Å². The van der Waals surface area contributed by atoms with Gasteiger partial charge in [0.1, 0.15) is 0 Å². The molecule has 7 nitrogen and oxygen atoms in total. The molecule has 0 saturated carbocycles. The monoisotopic (exact) mass is 415 g/mol. The van der Waals surface area contributed by atoms with Gasteiger partial charge in [0.15, 0.2) is 0 Å². The lowest BCUT2D eigenvalue weighted by atomic mass is 9.94. The number of hydrogen-bond donors (Lipinski definition) is 2. The van der Waals surface area contributed by atoms with Crippen LogP contribution in [0.2, 0.25) is 0 Å². The second kappa shape index (κ2) is 7.98. The number of benzene rings is 1. The molecule has 5 rings (SSSR count). The number of aromatic nitrogens is 3. The number of imidazole rings is 1. The lowest BCUT2D eigenvalue weighted by Crippen LogP contribution is -2.37. The molecule has 2 amide bonds. The number of nitrogens with zero attached hydrogens (tertiary/aromatic N) is 3. The van der Waals surface area contributed by atoms with Gasteiger partial charge in [-0.3, -0.25) is 14.6 Å². The molecule has 1 aliphatic heterocycles. The number of carbonyl (C=O) groups is 2. The van der Waals surface area contributed by atoms with Crippen molar-refractivity contribution >= 4 is 22.8 Å². The third-order valence-electron chi connectivity index (χ3n) is 6.31. The average Bonchev–Trinajstić information content (AvgIpc) is 3.49. The van der Waals surface area contributed by atoms with Gasteiger partial charge in [0.05, 0.1) is 17.4 Å². The number of allylic oxidation sites excluding steroid dienone is 1. The highest BCUT2D eigenvalue weighted by Gasteiger charge is 2.26. The normalized spacial score (nSPS) is 15.6. The Morgan fingerprint density at radius 1 is 1.23 bits per heavy atom. The summed E-state index contributed by atoms with van der Waals surface area (Å²) in [6, 6.07) is 5.43. The maximum Gasteiger partial charge on any atom is 0.251 e. The van der Waals surface area contributed by atoms with Crippen molar-refractivity contribution in [1.29, 1.82) is 0 Å². The lowest BCUT2D eigenvalue weighted by molar-refractivity contribution is -0.128. The molecule has 3 aromatic rings. The summed E-state index contributed by atoms with van der Waals surface area (Å²) in [5.41, 5.74) is 7.47. The van der Waals surface area contributed by atoms with Gasteiger partial charge in [-0.15, -0.1) is 0 Å². The van der Waals surface area contributed by atoms with Gasteiger partial charge < -0.3 is 15.2 Å². The summed E-state index contributed by atoms with van der Waals surface area (Å²) in [5, 5.41) is 3.04. The van der Waals surface area contributed by atoms with Crippen LogP contribution in [0.25, 0.3) is 11.0 Å². The maximum absolute atomic E-state index is 12.8. The summed E-state index contributed by atoms with van der Waals surface area (Å²) < 4.78 is 0. The van der Waals surface area contributed by atoms with Crippen LogP contribution in [-0.2, 0) is 24.3 Å². The zero-order valence-electron chi connectivity index (χ0n) is 17.6. The number of amides is 2. The van der Waals surface area contributed by atoms with Crippen molar-refractivity contribution < 1.29 is 9.59 Å². The van der Waals surface area contributed by atoms with Gasteiger partial charge in [-0.1, -0.05) is 6.08 Å². The number of hydrogen-bond acceptors (Lipinski definition) is 4.